The van der Waals surface area contributed by atoms with Gasteiger partial charge in [0.05, 0.1) is 6.42 Å². The van der Waals surface area contributed by atoms with Gasteiger partial charge in [0, 0.05) is 6.04 Å². The van der Waals surface area contributed by atoms with Gasteiger partial charge in [-0.3, -0.25) is 4.79 Å². The van der Waals surface area contributed by atoms with Crippen LogP contribution in [0.2, 0.25) is 0 Å². The number of hydrogen-bond donors (Lipinski definition) is 1. The zero-order valence-corrected chi connectivity index (χ0v) is 13.5. The number of carbonyl (C=O) groups is 1. The number of esters is 1. The second-order valence-electron chi connectivity index (χ2n) is 7.27. The minimum absolute atomic E-state index is 0.119. The summed E-state index contributed by atoms with van der Waals surface area (Å²) in [4.78, 5) is 11.8. The highest BCUT2D eigenvalue weighted by molar-refractivity contribution is 5.70. The molecule has 0 bridgehead atoms. The minimum Gasteiger partial charge on any atom is -0.460 e. The quantitative estimate of drug-likeness (QED) is 0.857. The summed E-state index contributed by atoms with van der Waals surface area (Å²) in [7, 11) is 0. The normalized spacial score (nSPS) is 13.9. The molecule has 0 saturated carbocycles. The Morgan fingerprint density at radius 1 is 1.10 bits per heavy atom. The summed E-state index contributed by atoms with van der Waals surface area (Å²) in [5.74, 6) is -0.259. The second-order valence-corrected chi connectivity index (χ2v) is 7.27. The molecule has 0 radical (unpaired) electrons. The molecule has 0 unspecified atom stereocenters. The van der Waals surface area contributed by atoms with Gasteiger partial charge in [-0.15, -0.1) is 0 Å². The van der Waals surface area contributed by atoms with Crippen LogP contribution in [0.15, 0.2) is 24.3 Å². The zero-order valence-electron chi connectivity index (χ0n) is 13.5. The predicted molar refractivity (Wildman–Crippen MR) is 82.5 cm³/mol. The fourth-order valence-electron chi connectivity index (χ4n) is 1.91. The summed E-state index contributed by atoms with van der Waals surface area (Å²) in [6.45, 7) is 12.1. The van der Waals surface area contributed by atoms with Crippen molar-refractivity contribution in [2.75, 3.05) is 0 Å². The molecule has 20 heavy (non-hydrogen) atoms. The van der Waals surface area contributed by atoms with E-state index in [-0.39, 0.29) is 23.8 Å². The van der Waals surface area contributed by atoms with Gasteiger partial charge in [0.25, 0.3) is 0 Å². The number of benzene rings is 1. The first-order chi connectivity index (χ1) is 8.99. The summed E-state index contributed by atoms with van der Waals surface area (Å²) in [5, 5.41) is 0. The molecule has 0 aliphatic carbocycles. The lowest BCUT2D eigenvalue weighted by Gasteiger charge is -2.22. The first-order valence-corrected chi connectivity index (χ1v) is 7.07. The van der Waals surface area contributed by atoms with E-state index in [0.29, 0.717) is 0 Å². The summed E-state index contributed by atoms with van der Waals surface area (Å²) in [6.07, 6.45) is 0.201. The number of rotatable bonds is 3. The number of hydrogen-bond acceptors (Lipinski definition) is 3. The van der Waals surface area contributed by atoms with E-state index in [9.17, 15) is 4.79 Å². The molecule has 1 rings (SSSR count). The van der Waals surface area contributed by atoms with Gasteiger partial charge in [-0.1, -0.05) is 45.0 Å². The van der Waals surface area contributed by atoms with Gasteiger partial charge >= 0.3 is 5.97 Å². The van der Waals surface area contributed by atoms with Crippen molar-refractivity contribution in [2.45, 2.75) is 65.0 Å². The molecule has 0 spiro atoms. The molecule has 0 aliphatic heterocycles. The summed E-state index contributed by atoms with van der Waals surface area (Å²) >= 11 is 0. The molecule has 3 heteroatoms. The molecule has 0 fully saturated rings. The molecule has 1 aromatic carbocycles. The summed E-state index contributed by atoms with van der Waals surface area (Å²) in [6, 6.07) is 7.82. The van der Waals surface area contributed by atoms with Gasteiger partial charge in [0.1, 0.15) is 5.60 Å². The Hall–Kier alpha value is -1.35. The van der Waals surface area contributed by atoms with Crippen molar-refractivity contribution in [3.63, 3.8) is 0 Å². The molecular formula is C17H27NO2. The maximum atomic E-state index is 11.8. The van der Waals surface area contributed by atoms with E-state index in [1.807, 2.05) is 32.9 Å². The van der Waals surface area contributed by atoms with Crippen molar-refractivity contribution in [1.82, 2.24) is 0 Å². The maximum absolute atomic E-state index is 11.8. The lowest BCUT2D eigenvalue weighted by Crippen LogP contribution is -2.26. The highest BCUT2D eigenvalue weighted by Crippen LogP contribution is 2.24. The van der Waals surface area contributed by atoms with Crippen molar-refractivity contribution in [3.8, 4) is 0 Å². The fraction of sp³-hybridized carbons (Fsp3) is 0.588. The topological polar surface area (TPSA) is 52.3 Å². The van der Waals surface area contributed by atoms with Gasteiger partial charge in [-0.05, 0) is 37.3 Å². The van der Waals surface area contributed by atoms with Crippen LogP contribution in [-0.2, 0) is 14.9 Å². The van der Waals surface area contributed by atoms with Crippen LogP contribution in [0, 0.1) is 0 Å². The SMILES string of the molecule is CC(C)(C)OC(=O)C[C@@H](N)c1ccc(C(C)(C)C)cc1. The van der Waals surface area contributed by atoms with Gasteiger partial charge in [0.2, 0.25) is 0 Å². The van der Waals surface area contributed by atoms with Gasteiger partial charge in [-0.2, -0.15) is 0 Å². The third-order valence-electron chi connectivity index (χ3n) is 3.01. The van der Waals surface area contributed by atoms with Crippen molar-refractivity contribution in [2.24, 2.45) is 5.73 Å². The maximum Gasteiger partial charge on any atom is 0.308 e. The van der Waals surface area contributed by atoms with Crippen LogP contribution in [0.1, 0.15) is 65.1 Å². The fourth-order valence-corrected chi connectivity index (χ4v) is 1.91. The molecule has 1 aromatic rings. The van der Waals surface area contributed by atoms with Crippen molar-refractivity contribution >= 4 is 5.97 Å². The standard InChI is InChI=1S/C17H27NO2/c1-16(2,3)13-9-7-12(8-10-13)14(18)11-15(19)20-17(4,5)6/h7-10,14H,11,18H2,1-6H3/t14-/m1/s1. The summed E-state index contributed by atoms with van der Waals surface area (Å²) in [5.41, 5.74) is 7.94. The second kappa shape index (κ2) is 5.96. The van der Waals surface area contributed by atoms with Gasteiger partial charge < -0.3 is 10.5 Å². The Balaban J connectivity index is 2.69. The third-order valence-corrected chi connectivity index (χ3v) is 3.01. The molecule has 3 nitrogen and oxygen atoms in total. The first kappa shape index (κ1) is 16.7. The van der Waals surface area contributed by atoms with Crippen LogP contribution in [0.25, 0.3) is 0 Å². The molecule has 0 aliphatic rings. The molecule has 0 aromatic heterocycles. The Morgan fingerprint density at radius 2 is 1.60 bits per heavy atom. The van der Waals surface area contributed by atoms with Crippen molar-refractivity contribution in [1.29, 1.82) is 0 Å². The minimum atomic E-state index is -0.465. The lowest BCUT2D eigenvalue weighted by atomic mass is 9.86. The number of carbonyl (C=O) groups excluding carboxylic acids is 1. The van der Waals surface area contributed by atoms with E-state index in [2.05, 4.69) is 32.9 Å². The molecule has 0 amide bonds. The van der Waals surface area contributed by atoms with Crippen LogP contribution in [-0.4, -0.2) is 11.6 Å². The Bertz CT molecular complexity index is 449. The van der Waals surface area contributed by atoms with E-state index < -0.39 is 5.60 Å². The zero-order chi connectivity index (χ0) is 15.6. The van der Waals surface area contributed by atoms with E-state index in [1.54, 1.807) is 0 Å². The van der Waals surface area contributed by atoms with Crippen LogP contribution in [0.5, 0.6) is 0 Å². The van der Waals surface area contributed by atoms with E-state index in [4.69, 9.17) is 10.5 Å². The smallest absolute Gasteiger partial charge is 0.308 e. The summed E-state index contributed by atoms with van der Waals surface area (Å²) < 4.78 is 5.29. The Kier molecular flexibility index (Phi) is 4.98. The average molecular weight is 277 g/mol. The Morgan fingerprint density at radius 3 is 2.00 bits per heavy atom. The van der Waals surface area contributed by atoms with E-state index in [0.717, 1.165) is 5.56 Å². The molecule has 112 valence electrons. The molecule has 0 heterocycles. The van der Waals surface area contributed by atoms with Gasteiger partial charge in [0.15, 0.2) is 0 Å². The number of nitrogens with two attached hydrogens (primary N) is 1. The van der Waals surface area contributed by atoms with E-state index in [1.165, 1.54) is 5.56 Å². The molecule has 2 N–H and O–H groups in total. The predicted octanol–water partition coefficient (Wildman–Crippen LogP) is 3.72. The molecule has 0 saturated heterocycles. The van der Waals surface area contributed by atoms with Crippen molar-refractivity contribution in [3.05, 3.63) is 35.4 Å². The Labute approximate surface area is 122 Å². The number of ether oxygens (including phenoxy) is 1. The van der Waals surface area contributed by atoms with Crippen LogP contribution >= 0.6 is 0 Å². The van der Waals surface area contributed by atoms with Gasteiger partial charge in [-0.25, -0.2) is 0 Å². The van der Waals surface area contributed by atoms with Crippen molar-refractivity contribution < 1.29 is 9.53 Å². The first-order valence-electron chi connectivity index (χ1n) is 7.07. The monoisotopic (exact) mass is 277 g/mol. The average Bonchev–Trinajstić information content (AvgIpc) is 2.25. The largest absolute Gasteiger partial charge is 0.460 e. The highest BCUT2D eigenvalue weighted by atomic mass is 16.6. The van der Waals surface area contributed by atoms with Crippen LogP contribution < -0.4 is 5.73 Å². The molecular weight excluding hydrogens is 250 g/mol. The lowest BCUT2D eigenvalue weighted by molar-refractivity contribution is -0.155. The highest BCUT2D eigenvalue weighted by Gasteiger charge is 2.20. The van der Waals surface area contributed by atoms with E-state index >= 15 is 0 Å². The molecule has 1 atom stereocenters. The van der Waals surface area contributed by atoms with Crippen LogP contribution in [0.4, 0.5) is 0 Å². The van der Waals surface area contributed by atoms with Crippen LogP contribution in [0.3, 0.4) is 0 Å². The third kappa shape index (κ3) is 5.33.